The smallest absolute Gasteiger partial charge is 0.189 e. The van der Waals surface area contributed by atoms with Crippen LogP contribution in [0.4, 0.5) is 0 Å². The van der Waals surface area contributed by atoms with Gasteiger partial charge in [0.15, 0.2) is 5.69 Å². The normalized spacial score (nSPS) is 10.2. The summed E-state index contributed by atoms with van der Waals surface area (Å²) in [7, 11) is 0. The van der Waals surface area contributed by atoms with Crippen LogP contribution in [0.2, 0.25) is 5.02 Å². The Kier molecular flexibility index (Phi) is 4.03. The molecule has 22 heavy (non-hydrogen) atoms. The highest BCUT2D eigenvalue weighted by Crippen LogP contribution is 2.18. The van der Waals surface area contributed by atoms with Crippen molar-refractivity contribution in [3.05, 3.63) is 71.0 Å². The van der Waals surface area contributed by atoms with Gasteiger partial charge in [0.2, 0.25) is 0 Å². The van der Waals surface area contributed by atoms with E-state index in [9.17, 15) is 5.26 Å². The Morgan fingerprint density at radius 3 is 2.50 bits per heavy atom. The van der Waals surface area contributed by atoms with E-state index < -0.39 is 0 Å². The van der Waals surface area contributed by atoms with Gasteiger partial charge in [-0.1, -0.05) is 35.0 Å². The molecule has 0 aliphatic rings. The van der Waals surface area contributed by atoms with Gasteiger partial charge < -0.3 is 4.74 Å². The van der Waals surface area contributed by atoms with Crippen molar-refractivity contribution in [2.24, 2.45) is 0 Å². The highest BCUT2D eigenvalue weighted by molar-refractivity contribution is 6.30. The Morgan fingerprint density at radius 2 is 1.82 bits per heavy atom. The zero-order valence-corrected chi connectivity index (χ0v) is 12.2. The van der Waals surface area contributed by atoms with E-state index in [0.717, 1.165) is 11.4 Å². The number of hydrogen-bond acceptors (Lipinski definition) is 4. The molecule has 0 radical (unpaired) electrons. The molecule has 3 aromatic rings. The van der Waals surface area contributed by atoms with Gasteiger partial charge in [0.1, 0.15) is 24.1 Å². The number of rotatable bonds is 4. The SMILES string of the molecule is N#Cc1nnn(-c2ccc(Cl)cc2)c1COc1ccccc1. The van der Waals surface area contributed by atoms with E-state index in [1.165, 1.54) is 0 Å². The van der Waals surface area contributed by atoms with Gasteiger partial charge in [-0.2, -0.15) is 5.26 Å². The first-order chi connectivity index (χ1) is 10.8. The highest BCUT2D eigenvalue weighted by Gasteiger charge is 2.14. The molecule has 0 bridgehead atoms. The zero-order chi connectivity index (χ0) is 15.4. The Balaban J connectivity index is 1.91. The minimum absolute atomic E-state index is 0.197. The lowest BCUT2D eigenvalue weighted by Gasteiger charge is -2.08. The fraction of sp³-hybridized carbons (Fsp3) is 0.0625. The highest BCUT2D eigenvalue weighted by atomic mass is 35.5. The number of halogens is 1. The van der Waals surface area contributed by atoms with Crippen molar-refractivity contribution in [2.75, 3.05) is 0 Å². The molecule has 0 saturated heterocycles. The first-order valence-electron chi connectivity index (χ1n) is 6.56. The Bertz CT molecular complexity index is 806. The average molecular weight is 311 g/mol. The van der Waals surface area contributed by atoms with Crippen LogP contribution in [-0.2, 0) is 6.61 Å². The van der Waals surface area contributed by atoms with E-state index in [1.807, 2.05) is 48.5 Å². The van der Waals surface area contributed by atoms with E-state index >= 15 is 0 Å². The second kappa shape index (κ2) is 6.29. The van der Waals surface area contributed by atoms with E-state index in [2.05, 4.69) is 10.3 Å². The standard InChI is InChI=1S/C16H11ClN4O/c17-12-6-8-13(9-7-12)21-16(15(10-18)19-20-21)11-22-14-4-2-1-3-5-14/h1-9H,11H2. The number of nitrogens with zero attached hydrogens (tertiary/aromatic N) is 4. The molecule has 0 fully saturated rings. The third-order valence-corrected chi connectivity index (χ3v) is 3.31. The Morgan fingerprint density at radius 1 is 1.09 bits per heavy atom. The van der Waals surface area contributed by atoms with Gasteiger partial charge in [-0.3, -0.25) is 0 Å². The van der Waals surface area contributed by atoms with Gasteiger partial charge in [0.05, 0.1) is 5.69 Å². The molecule has 0 amide bonds. The lowest BCUT2D eigenvalue weighted by atomic mass is 10.3. The lowest BCUT2D eigenvalue weighted by Crippen LogP contribution is -2.07. The van der Waals surface area contributed by atoms with Gasteiger partial charge in [0, 0.05) is 5.02 Å². The molecule has 6 heteroatoms. The maximum Gasteiger partial charge on any atom is 0.189 e. The van der Waals surface area contributed by atoms with E-state index in [1.54, 1.807) is 16.8 Å². The van der Waals surface area contributed by atoms with Gasteiger partial charge in [-0.05, 0) is 36.4 Å². The summed E-state index contributed by atoms with van der Waals surface area (Å²) in [5, 5.41) is 17.7. The third-order valence-electron chi connectivity index (χ3n) is 3.06. The van der Waals surface area contributed by atoms with Gasteiger partial charge in [-0.15, -0.1) is 5.10 Å². The van der Waals surface area contributed by atoms with Crippen molar-refractivity contribution in [1.82, 2.24) is 15.0 Å². The summed E-state index contributed by atoms with van der Waals surface area (Å²) in [6, 6.07) is 18.5. The van der Waals surface area contributed by atoms with Crippen molar-refractivity contribution >= 4 is 11.6 Å². The Hall–Kier alpha value is -2.84. The van der Waals surface area contributed by atoms with E-state index in [-0.39, 0.29) is 12.3 Å². The van der Waals surface area contributed by atoms with Crippen LogP contribution in [0.5, 0.6) is 5.75 Å². The summed E-state index contributed by atoms with van der Waals surface area (Å²) in [5.74, 6) is 0.718. The fourth-order valence-electron chi connectivity index (χ4n) is 1.98. The molecule has 5 nitrogen and oxygen atoms in total. The molecule has 0 spiro atoms. The summed E-state index contributed by atoms with van der Waals surface area (Å²) in [6.07, 6.45) is 0. The molecule has 0 aliphatic carbocycles. The summed E-state index contributed by atoms with van der Waals surface area (Å²) >= 11 is 5.89. The van der Waals surface area contributed by atoms with Crippen LogP contribution in [0.1, 0.15) is 11.4 Å². The minimum atomic E-state index is 0.197. The number of nitriles is 1. The van der Waals surface area contributed by atoms with Crippen LogP contribution >= 0.6 is 11.6 Å². The molecule has 1 aromatic heterocycles. The Labute approximate surface area is 132 Å². The predicted octanol–water partition coefficient (Wildman–Crippen LogP) is 3.37. The van der Waals surface area contributed by atoms with Crippen LogP contribution in [0, 0.1) is 11.3 Å². The molecule has 0 saturated carbocycles. The number of aromatic nitrogens is 3. The molecule has 0 aliphatic heterocycles. The molecule has 0 atom stereocenters. The molecule has 2 aromatic carbocycles. The zero-order valence-electron chi connectivity index (χ0n) is 11.5. The van der Waals surface area contributed by atoms with E-state index in [0.29, 0.717) is 10.7 Å². The second-order valence-electron chi connectivity index (χ2n) is 4.49. The molecule has 0 N–H and O–H groups in total. The minimum Gasteiger partial charge on any atom is -0.487 e. The van der Waals surface area contributed by atoms with Crippen LogP contribution in [0.15, 0.2) is 54.6 Å². The van der Waals surface area contributed by atoms with Crippen LogP contribution in [0.3, 0.4) is 0 Å². The first-order valence-corrected chi connectivity index (χ1v) is 6.94. The third kappa shape index (κ3) is 2.92. The largest absolute Gasteiger partial charge is 0.487 e. The average Bonchev–Trinajstić information content (AvgIpc) is 2.97. The summed E-state index contributed by atoms with van der Waals surface area (Å²) < 4.78 is 7.28. The van der Waals surface area contributed by atoms with Crippen LogP contribution < -0.4 is 4.74 Å². The van der Waals surface area contributed by atoms with Crippen molar-refractivity contribution in [1.29, 1.82) is 5.26 Å². The molecular formula is C16H11ClN4O. The molecule has 3 rings (SSSR count). The first kappa shape index (κ1) is 14.1. The van der Waals surface area contributed by atoms with Gasteiger partial charge in [0.25, 0.3) is 0 Å². The topological polar surface area (TPSA) is 63.7 Å². The van der Waals surface area contributed by atoms with Crippen molar-refractivity contribution in [3.63, 3.8) is 0 Å². The number of benzene rings is 2. The van der Waals surface area contributed by atoms with Crippen LogP contribution in [-0.4, -0.2) is 15.0 Å². The monoisotopic (exact) mass is 310 g/mol. The summed E-state index contributed by atoms with van der Waals surface area (Å²) in [4.78, 5) is 0. The summed E-state index contributed by atoms with van der Waals surface area (Å²) in [6.45, 7) is 0.197. The molecular weight excluding hydrogens is 300 g/mol. The quantitative estimate of drug-likeness (QED) is 0.741. The van der Waals surface area contributed by atoms with Crippen molar-refractivity contribution in [2.45, 2.75) is 6.61 Å². The number of hydrogen-bond donors (Lipinski definition) is 0. The number of ether oxygens (including phenoxy) is 1. The lowest BCUT2D eigenvalue weighted by molar-refractivity contribution is 0.297. The maximum absolute atomic E-state index is 9.18. The van der Waals surface area contributed by atoms with Gasteiger partial charge in [-0.25, -0.2) is 4.68 Å². The fourth-order valence-corrected chi connectivity index (χ4v) is 2.10. The van der Waals surface area contributed by atoms with E-state index in [4.69, 9.17) is 16.3 Å². The predicted molar refractivity (Wildman–Crippen MR) is 81.9 cm³/mol. The maximum atomic E-state index is 9.18. The molecule has 108 valence electrons. The molecule has 0 unspecified atom stereocenters. The number of para-hydroxylation sites is 1. The van der Waals surface area contributed by atoms with Crippen molar-refractivity contribution in [3.8, 4) is 17.5 Å². The second-order valence-corrected chi connectivity index (χ2v) is 4.92. The van der Waals surface area contributed by atoms with Gasteiger partial charge >= 0.3 is 0 Å². The molecule has 1 heterocycles. The summed E-state index contributed by atoms with van der Waals surface area (Å²) in [5.41, 5.74) is 1.60. The van der Waals surface area contributed by atoms with Crippen LogP contribution in [0.25, 0.3) is 5.69 Å². The van der Waals surface area contributed by atoms with Crippen molar-refractivity contribution < 1.29 is 4.74 Å².